The van der Waals surface area contributed by atoms with E-state index in [1.165, 1.54) is 30.6 Å². The Morgan fingerprint density at radius 1 is 1.33 bits per heavy atom. The molecule has 2 aromatic rings. The molecule has 0 spiro atoms. The summed E-state index contributed by atoms with van der Waals surface area (Å²) in [5, 5.41) is 17.2. The van der Waals surface area contributed by atoms with E-state index in [2.05, 4.69) is 4.98 Å². The largest absolute Gasteiger partial charge is 0.478 e. The van der Waals surface area contributed by atoms with Crippen molar-refractivity contribution >= 4 is 12.0 Å². The molecule has 1 aromatic heterocycles. The molecule has 1 N–H and O–H groups in total. The van der Waals surface area contributed by atoms with Gasteiger partial charge in [0.15, 0.2) is 0 Å². The van der Waals surface area contributed by atoms with Crippen LogP contribution in [0.1, 0.15) is 11.1 Å². The van der Waals surface area contributed by atoms with Crippen molar-refractivity contribution in [2.45, 2.75) is 0 Å². The lowest BCUT2D eigenvalue weighted by Crippen LogP contribution is -1.90. The number of carboxylic acid groups (broad SMARTS) is 1. The van der Waals surface area contributed by atoms with Gasteiger partial charge < -0.3 is 9.84 Å². The molecule has 0 fully saturated rings. The van der Waals surface area contributed by atoms with E-state index < -0.39 is 11.8 Å². The normalized spacial score (nSPS) is 10.3. The lowest BCUT2D eigenvalue weighted by atomic mass is 10.2. The summed E-state index contributed by atoms with van der Waals surface area (Å²) in [5.41, 5.74) is 0.461. The maximum atomic E-state index is 13.4. The Morgan fingerprint density at radius 2 is 2.14 bits per heavy atom. The predicted octanol–water partition coefficient (Wildman–Crippen LogP) is 2.98. The number of ether oxygens (including phenoxy) is 1. The van der Waals surface area contributed by atoms with Gasteiger partial charge >= 0.3 is 5.97 Å². The zero-order valence-electron chi connectivity index (χ0n) is 10.7. The molecule has 1 heterocycles. The molecule has 1 aromatic carbocycles. The average Bonchev–Trinajstić information content (AvgIpc) is 2.46. The molecular formula is C15H9FN2O3. The molecule has 0 unspecified atom stereocenters. The molecule has 0 aliphatic rings. The molecule has 0 atom stereocenters. The van der Waals surface area contributed by atoms with Crippen LogP contribution in [0.5, 0.6) is 11.5 Å². The van der Waals surface area contributed by atoms with Crippen molar-refractivity contribution in [3.63, 3.8) is 0 Å². The molecule has 104 valence electrons. The highest BCUT2D eigenvalue weighted by Crippen LogP contribution is 2.23. The first-order valence-electron chi connectivity index (χ1n) is 5.82. The fourth-order valence-corrected chi connectivity index (χ4v) is 1.54. The van der Waals surface area contributed by atoms with Gasteiger partial charge in [0.2, 0.25) is 0 Å². The molecule has 0 aliphatic heterocycles. The van der Waals surface area contributed by atoms with E-state index in [1.807, 2.05) is 0 Å². The van der Waals surface area contributed by atoms with Crippen molar-refractivity contribution in [1.29, 1.82) is 5.26 Å². The second-order valence-corrected chi connectivity index (χ2v) is 3.98. The summed E-state index contributed by atoms with van der Waals surface area (Å²) < 4.78 is 18.9. The van der Waals surface area contributed by atoms with Crippen LogP contribution >= 0.6 is 0 Å². The van der Waals surface area contributed by atoms with Crippen LogP contribution in [0.15, 0.2) is 42.7 Å². The predicted molar refractivity (Wildman–Crippen MR) is 72.1 cm³/mol. The van der Waals surface area contributed by atoms with Crippen LogP contribution in [0.3, 0.4) is 0 Å². The van der Waals surface area contributed by atoms with E-state index in [4.69, 9.17) is 15.1 Å². The van der Waals surface area contributed by atoms with Crippen LogP contribution < -0.4 is 4.74 Å². The quantitative estimate of drug-likeness (QED) is 0.872. The fraction of sp³-hybridized carbons (Fsp3) is 0. The number of benzene rings is 1. The monoisotopic (exact) mass is 284 g/mol. The Balaban J connectivity index is 2.20. The van der Waals surface area contributed by atoms with Crippen molar-refractivity contribution in [2.75, 3.05) is 0 Å². The van der Waals surface area contributed by atoms with Crippen LogP contribution in [-0.4, -0.2) is 16.1 Å². The van der Waals surface area contributed by atoms with E-state index in [-0.39, 0.29) is 11.3 Å². The lowest BCUT2D eigenvalue weighted by Gasteiger charge is -2.06. The van der Waals surface area contributed by atoms with Gasteiger partial charge in [-0.1, -0.05) is 0 Å². The molecule has 0 amide bonds. The minimum atomic E-state index is -1.07. The third-order valence-corrected chi connectivity index (χ3v) is 2.45. The van der Waals surface area contributed by atoms with Gasteiger partial charge in [-0.15, -0.1) is 0 Å². The number of hydrogen-bond acceptors (Lipinski definition) is 4. The van der Waals surface area contributed by atoms with Crippen molar-refractivity contribution in [3.8, 4) is 17.6 Å². The van der Waals surface area contributed by atoms with Gasteiger partial charge in [0, 0.05) is 18.3 Å². The van der Waals surface area contributed by atoms with Gasteiger partial charge in [0.25, 0.3) is 0 Å². The van der Waals surface area contributed by atoms with E-state index in [1.54, 1.807) is 12.1 Å². The smallest absolute Gasteiger partial charge is 0.328 e. The lowest BCUT2D eigenvalue weighted by molar-refractivity contribution is -0.131. The molecule has 0 bridgehead atoms. The standard InChI is InChI=1S/C15H9FN2O3/c16-14-6-12(3-2-11(14)7-17)21-13-5-10(8-18-9-13)1-4-15(19)20/h1-6,8-9H,(H,19,20)/b4-1+. The maximum Gasteiger partial charge on any atom is 0.328 e. The molecule has 0 saturated heterocycles. The van der Waals surface area contributed by atoms with Gasteiger partial charge in [0.1, 0.15) is 23.4 Å². The summed E-state index contributed by atoms with van der Waals surface area (Å²) >= 11 is 0. The highest BCUT2D eigenvalue weighted by atomic mass is 19.1. The maximum absolute atomic E-state index is 13.4. The highest BCUT2D eigenvalue weighted by Gasteiger charge is 2.05. The highest BCUT2D eigenvalue weighted by molar-refractivity contribution is 5.85. The number of halogens is 1. The number of pyridine rings is 1. The number of nitriles is 1. The molecule has 0 radical (unpaired) electrons. The van der Waals surface area contributed by atoms with Gasteiger partial charge in [-0.25, -0.2) is 9.18 Å². The van der Waals surface area contributed by atoms with Crippen LogP contribution in [0.2, 0.25) is 0 Å². The average molecular weight is 284 g/mol. The van der Waals surface area contributed by atoms with Crippen molar-refractivity contribution in [3.05, 3.63) is 59.7 Å². The van der Waals surface area contributed by atoms with Crippen LogP contribution in [0.25, 0.3) is 6.08 Å². The van der Waals surface area contributed by atoms with Crippen molar-refractivity contribution < 1.29 is 19.0 Å². The summed E-state index contributed by atoms with van der Waals surface area (Å²) in [5.74, 6) is -1.21. The second kappa shape index (κ2) is 6.30. The van der Waals surface area contributed by atoms with Crippen LogP contribution in [0.4, 0.5) is 4.39 Å². The van der Waals surface area contributed by atoms with E-state index in [9.17, 15) is 9.18 Å². The minimum absolute atomic E-state index is 0.0707. The van der Waals surface area contributed by atoms with Crippen LogP contribution in [0, 0.1) is 17.1 Å². The Morgan fingerprint density at radius 3 is 2.81 bits per heavy atom. The first-order chi connectivity index (χ1) is 10.1. The summed E-state index contributed by atoms with van der Waals surface area (Å²) in [7, 11) is 0. The number of aromatic nitrogens is 1. The third kappa shape index (κ3) is 3.88. The van der Waals surface area contributed by atoms with Gasteiger partial charge in [0.05, 0.1) is 11.8 Å². The second-order valence-electron chi connectivity index (χ2n) is 3.98. The molecule has 5 nitrogen and oxygen atoms in total. The van der Waals surface area contributed by atoms with E-state index >= 15 is 0 Å². The summed E-state index contributed by atoms with van der Waals surface area (Å²) in [4.78, 5) is 14.3. The number of carbonyl (C=O) groups is 1. The zero-order valence-corrected chi connectivity index (χ0v) is 10.7. The Hall–Kier alpha value is -3.20. The third-order valence-electron chi connectivity index (χ3n) is 2.45. The number of hydrogen-bond donors (Lipinski definition) is 1. The van der Waals surface area contributed by atoms with Gasteiger partial charge in [-0.3, -0.25) is 4.98 Å². The van der Waals surface area contributed by atoms with E-state index in [0.29, 0.717) is 11.3 Å². The number of rotatable bonds is 4. The fourth-order valence-electron chi connectivity index (χ4n) is 1.54. The first-order valence-corrected chi connectivity index (χ1v) is 5.82. The number of aliphatic carboxylic acids is 1. The molecule has 0 aliphatic carbocycles. The molecule has 2 rings (SSSR count). The molecular weight excluding hydrogens is 275 g/mol. The summed E-state index contributed by atoms with van der Waals surface area (Å²) in [6.07, 6.45) is 5.21. The van der Waals surface area contributed by atoms with Crippen molar-refractivity contribution in [1.82, 2.24) is 4.98 Å². The molecule has 6 heteroatoms. The van der Waals surface area contributed by atoms with Gasteiger partial charge in [-0.2, -0.15) is 5.26 Å². The summed E-state index contributed by atoms with van der Waals surface area (Å²) in [6, 6.07) is 7.14. The van der Waals surface area contributed by atoms with Gasteiger partial charge in [-0.05, 0) is 29.8 Å². The Kier molecular flexibility index (Phi) is 4.26. The minimum Gasteiger partial charge on any atom is -0.478 e. The molecule has 21 heavy (non-hydrogen) atoms. The SMILES string of the molecule is N#Cc1ccc(Oc2cncc(/C=C/C(=O)O)c2)cc1F. The summed E-state index contributed by atoms with van der Waals surface area (Å²) in [6.45, 7) is 0. The van der Waals surface area contributed by atoms with Crippen LogP contribution in [-0.2, 0) is 4.79 Å². The Bertz CT molecular complexity index is 751. The van der Waals surface area contributed by atoms with Crippen molar-refractivity contribution in [2.24, 2.45) is 0 Å². The number of carboxylic acids is 1. The first kappa shape index (κ1) is 14.2. The molecule has 0 saturated carbocycles. The Labute approximate surface area is 119 Å². The van der Waals surface area contributed by atoms with E-state index in [0.717, 1.165) is 12.1 Å². The number of nitrogens with zero attached hydrogens (tertiary/aromatic N) is 2. The zero-order chi connectivity index (χ0) is 15.2. The topological polar surface area (TPSA) is 83.2 Å².